The van der Waals surface area contributed by atoms with E-state index in [4.69, 9.17) is 4.74 Å². The summed E-state index contributed by atoms with van der Waals surface area (Å²) in [5.74, 6) is -0.337. The first-order valence-electron chi connectivity index (χ1n) is 6.81. The number of carbonyl (C=O) groups is 2. The van der Waals surface area contributed by atoms with Crippen molar-refractivity contribution in [1.82, 2.24) is 20.1 Å². The molecule has 1 saturated heterocycles. The summed E-state index contributed by atoms with van der Waals surface area (Å²) < 4.78 is 5.20. The van der Waals surface area contributed by atoms with E-state index in [0.29, 0.717) is 6.54 Å². The van der Waals surface area contributed by atoms with Crippen molar-refractivity contribution < 1.29 is 14.3 Å². The summed E-state index contributed by atoms with van der Waals surface area (Å²) in [6.07, 6.45) is 1.29. The quantitative estimate of drug-likeness (QED) is 0.838. The Labute approximate surface area is 126 Å². The van der Waals surface area contributed by atoms with Crippen molar-refractivity contribution in [3.05, 3.63) is 42.2 Å². The van der Waals surface area contributed by atoms with Crippen molar-refractivity contribution >= 4 is 17.8 Å². The number of carbonyl (C=O) groups excluding carboxylic acids is 2. The highest BCUT2D eigenvalue weighted by Crippen LogP contribution is 2.14. The predicted molar refractivity (Wildman–Crippen MR) is 76.6 cm³/mol. The standard InChI is InChI=1S/C14H15N5O3/c20-12-8-22-7-11(13(21)17-14-15-9-16-18-14)19(12)6-10-4-2-1-3-5-10/h1-5,9,11H,6-8H2,(H2,15,16,17,18,21)/t11-/m0/s1. The van der Waals surface area contributed by atoms with Gasteiger partial charge in [-0.25, -0.2) is 5.10 Å². The minimum Gasteiger partial charge on any atom is -0.369 e. The lowest BCUT2D eigenvalue weighted by Gasteiger charge is -2.34. The highest BCUT2D eigenvalue weighted by atomic mass is 16.5. The average molecular weight is 301 g/mol. The van der Waals surface area contributed by atoms with E-state index in [2.05, 4.69) is 20.5 Å². The average Bonchev–Trinajstić information content (AvgIpc) is 3.03. The van der Waals surface area contributed by atoms with Gasteiger partial charge in [0.15, 0.2) is 0 Å². The number of anilines is 1. The van der Waals surface area contributed by atoms with E-state index < -0.39 is 6.04 Å². The van der Waals surface area contributed by atoms with Crippen molar-refractivity contribution in [2.75, 3.05) is 18.5 Å². The maximum Gasteiger partial charge on any atom is 0.251 e. The number of aromatic nitrogens is 3. The number of hydrogen-bond acceptors (Lipinski definition) is 5. The monoisotopic (exact) mass is 301 g/mol. The van der Waals surface area contributed by atoms with Gasteiger partial charge in [0.05, 0.1) is 6.61 Å². The van der Waals surface area contributed by atoms with E-state index in [1.54, 1.807) is 0 Å². The molecule has 0 saturated carbocycles. The van der Waals surface area contributed by atoms with E-state index in [0.717, 1.165) is 5.56 Å². The Morgan fingerprint density at radius 2 is 2.23 bits per heavy atom. The summed E-state index contributed by atoms with van der Waals surface area (Å²) in [5, 5.41) is 8.79. The molecule has 2 heterocycles. The normalized spacial score (nSPS) is 18.3. The third-order valence-electron chi connectivity index (χ3n) is 3.35. The van der Waals surface area contributed by atoms with Crippen LogP contribution < -0.4 is 5.32 Å². The zero-order chi connectivity index (χ0) is 15.4. The fraction of sp³-hybridized carbons (Fsp3) is 0.286. The molecule has 1 aliphatic heterocycles. The minimum absolute atomic E-state index is 0.0150. The molecular formula is C14H15N5O3. The van der Waals surface area contributed by atoms with Gasteiger partial charge >= 0.3 is 0 Å². The fourth-order valence-electron chi connectivity index (χ4n) is 2.27. The van der Waals surface area contributed by atoms with Gasteiger partial charge in [-0.2, -0.15) is 10.1 Å². The van der Waals surface area contributed by atoms with Crippen LogP contribution in [0.25, 0.3) is 0 Å². The molecule has 1 aromatic heterocycles. The van der Waals surface area contributed by atoms with Gasteiger partial charge in [0.2, 0.25) is 11.9 Å². The number of H-pyrrole nitrogens is 1. The molecule has 3 rings (SSSR count). The maximum absolute atomic E-state index is 12.3. The molecule has 1 atom stereocenters. The van der Waals surface area contributed by atoms with Gasteiger partial charge in [0.1, 0.15) is 19.0 Å². The van der Waals surface area contributed by atoms with Crippen molar-refractivity contribution in [2.45, 2.75) is 12.6 Å². The molecule has 0 unspecified atom stereocenters. The third kappa shape index (κ3) is 3.12. The van der Waals surface area contributed by atoms with Gasteiger partial charge in [-0.05, 0) is 5.56 Å². The molecule has 0 spiro atoms. The molecule has 1 fully saturated rings. The lowest BCUT2D eigenvalue weighted by molar-refractivity contribution is -0.154. The Morgan fingerprint density at radius 1 is 1.41 bits per heavy atom. The second kappa shape index (κ2) is 6.35. The number of ether oxygens (including phenoxy) is 1. The molecule has 0 bridgehead atoms. The Bertz CT molecular complexity index is 644. The van der Waals surface area contributed by atoms with Gasteiger partial charge < -0.3 is 9.64 Å². The van der Waals surface area contributed by atoms with Gasteiger partial charge in [-0.1, -0.05) is 30.3 Å². The largest absolute Gasteiger partial charge is 0.369 e. The zero-order valence-electron chi connectivity index (χ0n) is 11.7. The van der Waals surface area contributed by atoms with E-state index in [9.17, 15) is 9.59 Å². The maximum atomic E-state index is 12.3. The fourth-order valence-corrected chi connectivity index (χ4v) is 2.27. The second-order valence-corrected chi connectivity index (χ2v) is 4.86. The van der Waals surface area contributed by atoms with Crippen LogP contribution >= 0.6 is 0 Å². The molecule has 2 aromatic rings. The first-order valence-corrected chi connectivity index (χ1v) is 6.81. The van der Waals surface area contributed by atoms with E-state index in [1.165, 1.54) is 11.2 Å². The number of nitrogens with one attached hydrogen (secondary N) is 2. The molecule has 1 aromatic carbocycles. The topological polar surface area (TPSA) is 100 Å². The Kier molecular flexibility index (Phi) is 4.10. The van der Waals surface area contributed by atoms with Crippen LogP contribution in [0, 0.1) is 0 Å². The molecule has 8 nitrogen and oxygen atoms in total. The van der Waals surface area contributed by atoms with Crippen molar-refractivity contribution in [2.24, 2.45) is 0 Å². The third-order valence-corrected chi connectivity index (χ3v) is 3.35. The molecule has 22 heavy (non-hydrogen) atoms. The molecule has 2 amide bonds. The molecule has 114 valence electrons. The second-order valence-electron chi connectivity index (χ2n) is 4.86. The van der Waals surface area contributed by atoms with Crippen LogP contribution in [-0.4, -0.2) is 51.2 Å². The lowest BCUT2D eigenvalue weighted by atomic mass is 10.1. The Balaban J connectivity index is 1.74. The summed E-state index contributed by atoms with van der Waals surface area (Å²) >= 11 is 0. The smallest absolute Gasteiger partial charge is 0.251 e. The number of benzene rings is 1. The first-order chi connectivity index (χ1) is 10.7. The van der Waals surface area contributed by atoms with Crippen LogP contribution in [0.4, 0.5) is 5.95 Å². The highest BCUT2D eigenvalue weighted by molar-refractivity contribution is 5.96. The first kappa shape index (κ1) is 14.2. The van der Waals surface area contributed by atoms with Crippen LogP contribution in [-0.2, 0) is 20.9 Å². The van der Waals surface area contributed by atoms with Crippen LogP contribution in [0.15, 0.2) is 36.7 Å². The molecule has 0 aliphatic carbocycles. The van der Waals surface area contributed by atoms with E-state index in [-0.39, 0.29) is 31.0 Å². The van der Waals surface area contributed by atoms with Gasteiger partial charge in [0, 0.05) is 6.54 Å². The predicted octanol–water partition coefficient (Wildman–Crippen LogP) is 0.171. The molecule has 8 heteroatoms. The highest BCUT2D eigenvalue weighted by Gasteiger charge is 2.34. The van der Waals surface area contributed by atoms with E-state index >= 15 is 0 Å². The van der Waals surface area contributed by atoms with Gasteiger partial charge in [-0.15, -0.1) is 0 Å². The van der Waals surface area contributed by atoms with Crippen LogP contribution in [0.1, 0.15) is 5.56 Å². The zero-order valence-corrected chi connectivity index (χ0v) is 11.7. The van der Waals surface area contributed by atoms with E-state index in [1.807, 2.05) is 30.3 Å². The lowest BCUT2D eigenvalue weighted by Crippen LogP contribution is -2.54. The van der Waals surface area contributed by atoms with Gasteiger partial charge in [0.25, 0.3) is 5.91 Å². The molecular weight excluding hydrogens is 286 g/mol. The van der Waals surface area contributed by atoms with Crippen LogP contribution in [0.2, 0.25) is 0 Å². The number of rotatable bonds is 4. The molecule has 2 N–H and O–H groups in total. The van der Waals surface area contributed by atoms with Crippen LogP contribution in [0.3, 0.4) is 0 Å². The van der Waals surface area contributed by atoms with Gasteiger partial charge in [-0.3, -0.25) is 14.9 Å². The summed E-state index contributed by atoms with van der Waals surface area (Å²) in [5.41, 5.74) is 0.954. The summed E-state index contributed by atoms with van der Waals surface area (Å²) in [7, 11) is 0. The number of hydrogen-bond donors (Lipinski definition) is 2. The van der Waals surface area contributed by atoms with Crippen molar-refractivity contribution in [3.63, 3.8) is 0 Å². The summed E-state index contributed by atoms with van der Waals surface area (Å²) in [6.45, 7) is 0.495. The van der Waals surface area contributed by atoms with Crippen molar-refractivity contribution in [1.29, 1.82) is 0 Å². The minimum atomic E-state index is -0.702. The number of nitrogens with zero attached hydrogens (tertiary/aromatic N) is 3. The number of amides is 2. The van der Waals surface area contributed by atoms with Crippen molar-refractivity contribution in [3.8, 4) is 0 Å². The SMILES string of the molecule is O=C(Nc1ncn[nH]1)[C@@H]1COCC(=O)N1Cc1ccccc1. The number of morpholine rings is 1. The molecule has 1 aliphatic rings. The molecule has 0 radical (unpaired) electrons. The van der Waals surface area contributed by atoms with Crippen LogP contribution in [0.5, 0.6) is 0 Å². The Morgan fingerprint density at radius 3 is 2.95 bits per heavy atom. The summed E-state index contributed by atoms with van der Waals surface area (Å²) in [6, 6.07) is 8.81. The summed E-state index contributed by atoms with van der Waals surface area (Å²) in [4.78, 5) is 29.8. The Hall–Kier alpha value is -2.74. The number of aromatic amines is 1.